The van der Waals surface area contributed by atoms with Gasteiger partial charge in [-0.25, -0.2) is 4.98 Å². The smallest absolute Gasteiger partial charge is 0.112 e. The topological polar surface area (TPSA) is 44.9 Å². The average molecular weight is 320 g/mol. The maximum Gasteiger partial charge on any atom is 0.112 e. The van der Waals surface area contributed by atoms with Gasteiger partial charge < -0.3 is 4.57 Å². The first kappa shape index (κ1) is 15.4. The van der Waals surface area contributed by atoms with Gasteiger partial charge in [-0.05, 0) is 56.8 Å². The van der Waals surface area contributed by atoms with Crippen molar-refractivity contribution in [1.29, 1.82) is 5.26 Å². The fraction of sp³-hybridized carbons (Fsp3) is 0.500. The number of imidazole rings is 1. The van der Waals surface area contributed by atoms with Crippen molar-refractivity contribution in [1.82, 2.24) is 14.5 Å². The highest BCUT2D eigenvalue weighted by Crippen LogP contribution is 2.41. The molecule has 1 atom stereocenters. The Balaban J connectivity index is 1.47. The number of hydrogen-bond acceptors (Lipinski definition) is 3. The predicted molar refractivity (Wildman–Crippen MR) is 93.6 cm³/mol. The maximum absolute atomic E-state index is 8.92. The molecule has 2 fully saturated rings. The monoisotopic (exact) mass is 320 g/mol. The van der Waals surface area contributed by atoms with Gasteiger partial charge in [0.05, 0.1) is 11.6 Å². The number of nitriles is 1. The van der Waals surface area contributed by atoms with Gasteiger partial charge in [-0.1, -0.05) is 12.1 Å². The molecule has 0 N–H and O–H groups in total. The van der Waals surface area contributed by atoms with Crippen LogP contribution in [0.1, 0.15) is 60.3 Å². The van der Waals surface area contributed by atoms with E-state index >= 15 is 0 Å². The summed E-state index contributed by atoms with van der Waals surface area (Å²) in [7, 11) is 0. The van der Waals surface area contributed by atoms with Crippen LogP contribution in [0.25, 0.3) is 0 Å². The van der Waals surface area contributed by atoms with Crippen LogP contribution < -0.4 is 0 Å². The summed E-state index contributed by atoms with van der Waals surface area (Å²) in [5.74, 6) is 2.02. The molecule has 0 radical (unpaired) electrons. The van der Waals surface area contributed by atoms with E-state index in [1.54, 1.807) is 0 Å². The van der Waals surface area contributed by atoms with Crippen molar-refractivity contribution in [2.45, 2.75) is 51.1 Å². The second-order valence-electron chi connectivity index (χ2n) is 7.24. The average Bonchev–Trinajstić information content (AvgIpc) is 3.38. The third-order valence-corrected chi connectivity index (χ3v) is 5.29. The second kappa shape index (κ2) is 6.41. The van der Waals surface area contributed by atoms with Crippen molar-refractivity contribution in [2.24, 2.45) is 0 Å². The lowest BCUT2D eigenvalue weighted by Crippen LogP contribution is -2.36. The summed E-state index contributed by atoms with van der Waals surface area (Å²) in [5, 5.41) is 8.92. The number of hydrogen-bond donors (Lipinski definition) is 0. The molecule has 1 aromatic carbocycles. The highest BCUT2D eigenvalue weighted by Gasteiger charge is 2.32. The lowest BCUT2D eigenvalue weighted by atomic mass is 10.0. The Labute approximate surface area is 143 Å². The van der Waals surface area contributed by atoms with E-state index in [1.807, 2.05) is 18.3 Å². The van der Waals surface area contributed by atoms with Crippen LogP contribution in [0, 0.1) is 18.3 Å². The first-order valence-electron chi connectivity index (χ1n) is 8.99. The quantitative estimate of drug-likeness (QED) is 0.861. The Morgan fingerprint density at radius 1 is 1.21 bits per heavy atom. The van der Waals surface area contributed by atoms with E-state index in [-0.39, 0.29) is 0 Å². The molecule has 2 aromatic rings. The molecule has 2 heterocycles. The second-order valence-corrected chi connectivity index (χ2v) is 7.24. The minimum absolute atomic E-state index is 0.551. The molecular weight excluding hydrogens is 296 g/mol. The van der Waals surface area contributed by atoms with Crippen molar-refractivity contribution >= 4 is 0 Å². The van der Waals surface area contributed by atoms with Crippen LogP contribution in [0.5, 0.6) is 0 Å². The molecule has 0 bridgehead atoms. The van der Waals surface area contributed by atoms with E-state index in [2.05, 4.69) is 34.6 Å². The first-order chi connectivity index (χ1) is 11.7. The lowest BCUT2D eigenvalue weighted by molar-refractivity contribution is 0.167. The van der Waals surface area contributed by atoms with Crippen molar-refractivity contribution < 1.29 is 0 Å². The molecule has 24 heavy (non-hydrogen) atoms. The summed E-state index contributed by atoms with van der Waals surface area (Å²) >= 11 is 0. The van der Waals surface area contributed by atoms with Gasteiger partial charge in [-0.15, -0.1) is 0 Å². The molecule has 1 aliphatic carbocycles. The maximum atomic E-state index is 8.92. The van der Waals surface area contributed by atoms with Crippen LogP contribution in [0.2, 0.25) is 0 Å². The van der Waals surface area contributed by atoms with Gasteiger partial charge >= 0.3 is 0 Å². The number of aromatic nitrogens is 2. The van der Waals surface area contributed by atoms with Gasteiger partial charge in [0.15, 0.2) is 0 Å². The van der Waals surface area contributed by atoms with Crippen molar-refractivity contribution in [3.63, 3.8) is 0 Å². The zero-order valence-corrected chi connectivity index (χ0v) is 14.3. The van der Waals surface area contributed by atoms with Crippen LogP contribution in [0.4, 0.5) is 0 Å². The Morgan fingerprint density at radius 2 is 2.00 bits per heavy atom. The summed E-state index contributed by atoms with van der Waals surface area (Å²) in [4.78, 5) is 7.24. The standard InChI is InChI=1S/C20H24N4/c1-15-12-22-20(18-8-9-18)24(15)19-3-2-10-23(14-19)13-17-6-4-16(11-21)5-7-17/h4-7,12,18-19H,2-3,8-10,13-14H2,1H3. The summed E-state index contributed by atoms with van der Waals surface area (Å²) in [5.41, 5.74) is 3.33. The van der Waals surface area contributed by atoms with Crippen molar-refractivity contribution in [2.75, 3.05) is 13.1 Å². The molecule has 1 saturated carbocycles. The third-order valence-electron chi connectivity index (χ3n) is 5.29. The molecule has 124 valence electrons. The zero-order chi connectivity index (χ0) is 16.5. The van der Waals surface area contributed by atoms with E-state index in [1.165, 1.54) is 42.8 Å². The molecule has 1 aromatic heterocycles. The van der Waals surface area contributed by atoms with Gasteiger partial charge in [-0.3, -0.25) is 4.90 Å². The Kier molecular flexibility index (Phi) is 4.12. The summed E-state index contributed by atoms with van der Waals surface area (Å²) in [6.45, 7) is 5.41. The van der Waals surface area contributed by atoms with E-state index in [0.717, 1.165) is 25.2 Å². The highest BCUT2D eigenvalue weighted by atomic mass is 15.2. The number of rotatable bonds is 4. The van der Waals surface area contributed by atoms with Crippen molar-refractivity contribution in [3.05, 3.63) is 53.1 Å². The fourth-order valence-corrected chi connectivity index (χ4v) is 3.91. The molecule has 1 aliphatic heterocycles. The van der Waals surface area contributed by atoms with Crippen LogP contribution in [-0.2, 0) is 6.54 Å². The number of piperidine rings is 1. The molecule has 4 heteroatoms. The van der Waals surface area contributed by atoms with Crippen LogP contribution in [0.3, 0.4) is 0 Å². The zero-order valence-electron chi connectivity index (χ0n) is 14.3. The van der Waals surface area contributed by atoms with Gasteiger partial charge in [0.2, 0.25) is 0 Å². The molecule has 1 saturated heterocycles. The van der Waals surface area contributed by atoms with Crippen LogP contribution in [-0.4, -0.2) is 27.5 Å². The van der Waals surface area contributed by atoms with Gasteiger partial charge in [0.25, 0.3) is 0 Å². The Bertz CT molecular complexity index is 749. The highest BCUT2D eigenvalue weighted by molar-refractivity contribution is 5.31. The first-order valence-corrected chi connectivity index (χ1v) is 8.99. The SMILES string of the molecule is Cc1cnc(C2CC2)n1C1CCCN(Cc2ccc(C#N)cc2)C1. The molecule has 0 spiro atoms. The predicted octanol–water partition coefficient (Wildman–Crippen LogP) is 3.78. The molecule has 1 unspecified atom stereocenters. The summed E-state index contributed by atoms with van der Waals surface area (Å²) in [6.07, 6.45) is 7.15. The molecule has 0 amide bonds. The lowest BCUT2D eigenvalue weighted by Gasteiger charge is -2.35. The van der Waals surface area contributed by atoms with E-state index in [4.69, 9.17) is 10.2 Å². The third kappa shape index (κ3) is 3.09. The molecule has 4 nitrogen and oxygen atoms in total. The van der Waals surface area contributed by atoms with Crippen molar-refractivity contribution in [3.8, 4) is 6.07 Å². The number of aryl methyl sites for hydroxylation is 1. The van der Waals surface area contributed by atoms with E-state index < -0.39 is 0 Å². The largest absolute Gasteiger partial charge is 0.328 e. The van der Waals surface area contributed by atoms with Gasteiger partial charge in [0.1, 0.15) is 5.82 Å². The van der Waals surface area contributed by atoms with E-state index in [0.29, 0.717) is 12.0 Å². The summed E-state index contributed by atoms with van der Waals surface area (Å²) < 4.78 is 2.52. The Hall–Kier alpha value is -2.12. The number of benzene rings is 1. The molecule has 4 rings (SSSR count). The minimum atomic E-state index is 0.551. The fourth-order valence-electron chi connectivity index (χ4n) is 3.91. The molecular formula is C20H24N4. The molecule has 2 aliphatic rings. The number of nitrogens with zero attached hydrogens (tertiary/aromatic N) is 4. The van der Waals surface area contributed by atoms with Gasteiger partial charge in [0, 0.05) is 36.9 Å². The normalized spacial score (nSPS) is 21.6. The number of likely N-dealkylation sites (tertiary alicyclic amines) is 1. The Morgan fingerprint density at radius 3 is 2.71 bits per heavy atom. The van der Waals surface area contributed by atoms with Crippen LogP contribution in [0.15, 0.2) is 30.5 Å². The minimum Gasteiger partial charge on any atom is -0.328 e. The van der Waals surface area contributed by atoms with Crippen LogP contribution >= 0.6 is 0 Å². The van der Waals surface area contributed by atoms with Gasteiger partial charge in [-0.2, -0.15) is 5.26 Å². The van der Waals surface area contributed by atoms with E-state index in [9.17, 15) is 0 Å². The summed E-state index contributed by atoms with van der Waals surface area (Å²) in [6, 6.07) is 10.7.